The van der Waals surface area contributed by atoms with Crippen LogP contribution in [0.15, 0.2) is 0 Å². The second-order valence-corrected chi connectivity index (χ2v) is 10.0. The summed E-state index contributed by atoms with van der Waals surface area (Å²) in [5.74, 6) is 0. The molecule has 2 N–H and O–H groups in total. The van der Waals surface area contributed by atoms with Crippen LogP contribution in [0.5, 0.6) is 0 Å². The third kappa shape index (κ3) is 4.51. The molecule has 0 aromatic heterocycles. The van der Waals surface area contributed by atoms with Crippen molar-refractivity contribution >= 4 is 8.32 Å². The molecule has 4 nitrogen and oxygen atoms in total. The number of aliphatic hydroxyl groups is 2. The van der Waals surface area contributed by atoms with Crippen LogP contribution in [0.1, 0.15) is 19.8 Å². The van der Waals surface area contributed by atoms with Gasteiger partial charge < -0.3 is 19.4 Å². The minimum atomic E-state index is -1.59. The maximum atomic E-state index is 9.88. The standard InChI is InChI=1S/C11H24O4Si/c1-8-5-9(15-16(2,3)4)6-10(13)11(7-12)14-8/h8-13H,5-7H2,1-4H3. The Hall–Kier alpha value is 0.0569. The number of rotatable bonds is 3. The molecule has 1 fully saturated rings. The molecule has 1 rings (SSSR count). The average Bonchev–Trinajstić information content (AvgIpc) is 2.21. The van der Waals surface area contributed by atoms with Crippen molar-refractivity contribution in [1.29, 1.82) is 0 Å². The zero-order valence-corrected chi connectivity index (χ0v) is 11.6. The van der Waals surface area contributed by atoms with Crippen molar-refractivity contribution < 1.29 is 19.4 Å². The molecule has 1 aliphatic heterocycles. The molecule has 0 amide bonds. The smallest absolute Gasteiger partial charge is 0.184 e. The van der Waals surface area contributed by atoms with Crippen molar-refractivity contribution in [2.45, 2.75) is 63.8 Å². The number of ether oxygens (including phenoxy) is 1. The summed E-state index contributed by atoms with van der Waals surface area (Å²) in [6, 6.07) is 0. The van der Waals surface area contributed by atoms with Gasteiger partial charge in [0.1, 0.15) is 6.10 Å². The molecular weight excluding hydrogens is 224 g/mol. The van der Waals surface area contributed by atoms with Crippen molar-refractivity contribution in [3.05, 3.63) is 0 Å². The van der Waals surface area contributed by atoms with Crippen molar-refractivity contribution in [1.82, 2.24) is 0 Å². The lowest BCUT2D eigenvalue weighted by atomic mass is 10.1. The predicted octanol–water partition coefficient (Wildman–Crippen LogP) is 1.13. The first kappa shape index (κ1) is 14.1. The summed E-state index contributed by atoms with van der Waals surface area (Å²) in [5.41, 5.74) is 0. The molecule has 5 heteroatoms. The zero-order valence-electron chi connectivity index (χ0n) is 10.6. The third-order valence-corrected chi connectivity index (χ3v) is 3.68. The maximum Gasteiger partial charge on any atom is 0.184 e. The highest BCUT2D eigenvalue weighted by Gasteiger charge is 2.33. The van der Waals surface area contributed by atoms with Crippen LogP contribution in [0.2, 0.25) is 19.6 Å². The normalized spacial score (nSPS) is 37.1. The molecule has 0 aliphatic carbocycles. The molecule has 0 aromatic carbocycles. The summed E-state index contributed by atoms with van der Waals surface area (Å²) in [5, 5.41) is 19.0. The Bertz CT molecular complexity index is 217. The lowest BCUT2D eigenvalue weighted by molar-refractivity contribution is -0.0810. The first-order valence-corrected chi connectivity index (χ1v) is 9.35. The number of hydrogen-bond acceptors (Lipinski definition) is 4. The van der Waals surface area contributed by atoms with Gasteiger partial charge >= 0.3 is 0 Å². The fourth-order valence-corrected chi connectivity index (χ4v) is 3.29. The van der Waals surface area contributed by atoms with E-state index >= 15 is 0 Å². The van der Waals surface area contributed by atoms with Gasteiger partial charge in [0, 0.05) is 6.42 Å². The van der Waals surface area contributed by atoms with Gasteiger partial charge in [-0.05, 0) is 33.0 Å². The summed E-state index contributed by atoms with van der Waals surface area (Å²) in [4.78, 5) is 0. The Morgan fingerprint density at radius 1 is 1.31 bits per heavy atom. The van der Waals surface area contributed by atoms with Gasteiger partial charge in [-0.3, -0.25) is 0 Å². The minimum absolute atomic E-state index is 0.0237. The van der Waals surface area contributed by atoms with E-state index in [1.54, 1.807) is 0 Å². The monoisotopic (exact) mass is 248 g/mol. The Morgan fingerprint density at radius 3 is 2.44 bits per heavy atom. The minimum Gasteiger partial charge on any atom is -0.415 e. The maximum absolute atomic E-state index is 9.88. The molecule has 1 aliphatic rings. The highest BCUT2D eigenvalue weighted by atomic mass is 28.4. The van der Waals surface area contributed by atoms with Crippen molar-refractivity contribution in [3.63, 3.8) is 0 Å². The van der Waals surface area contributed by atoms with E-state index in [9.17, 15) is 5.11 Å². The van der Waals surface area contributed by atoms with Gasteiger partial charge in [0.2, 0.25) is 0 Å². The molecule has 0 radical (unpaired) electrons. The van der Waals surface area contributed by atoms with E-state index in [0.29, 0.717) is 6.42 Å². The van der Waals surface area contributed by atoms with Crippen LogP contribution in [-0.2, 0) is 9.16 Å². The van der Waals surface area contributed by atoms with Crippen molar-refractivity contribution in [3.8, 4) is 0 Å². The highest BCUT2D eigenvalue weighted by Crippen LogP contribution is 2.24. The van der Waals surface area contributed by atoms with Crippen LogP contribution in [0.4, 0.5) is 0 Å². The lowest BCUT2D eigenvalue weighted by Gasteiger charge is -2.26. The third-order valence-electron chi connectivity index (χ3n) is 2.64. The molecule has 1 heterocycles. The van der Waals surface area contributed by atoms with Gasteiger partial charge in [0.15, 0.2) is 8.32 Å². The largest absolute Gasteiger partial charge is 0.415 e. The van der Waals surface area contributed by atoms with Crippen LogP contribution in [0.3, 0.4) is 0 Å². The Labute approximate surface area is 98.7 Å². The van der Waals surface area contributed by atoms with E-state index in [-0.39, 0.29) is 18.8 Å². The summed E-state index contributed by atoms with van der Waals surface area (Å²) in [6.07, 6.45) is 0.322. The molecule has 96 valence electrons. The van der Waals surface area contributed by atoms with Crippen LogP contribution in [0, 0.1) is 0 Å². The molecule has 0 spiro atoms. The number of aliphatic hydroxyl groups excluding tert-OH is 2. The molecule has 4 unspecified atom stereocenters. The Kier molecular flexibility index (Phi) is 4.94. The van der Waals surface area contributed by atoms with Crippen LogP contribution in [-0.4, -0.2) is 49.6 Å². The summed E-state index contributed by atoms with van der Waals surface area (Å²) in [6.45, 7) is 8.24. The summed E-state index contributed by atoms with van der Waals surface area (Å²) >= 11 is 0. The van der Waals surface area contributed by atoms with E-state index < -0.39 is 20.5 Å². The average molecular weight is 248 g/mol. The topological polar surface area (TPSA) is 58.9 Å². The second kappa shape index (κ2) is 5.60. The first-order chi connectivity index (χ1) is 7.31. The van der Waals surface area contributed by atoms with E-state index in [0.717, 1.165) is 6.42 Å². The SMILES string of the molecule is CC1CC(O[Si](C)(C)C)CC(O)C(CO)O1. The molecule has 0 aromatic rings. The van der Waals surface area contributed by atoms with Crippen LogP contribution < -0.4 is 0 Å². The van der Waals surface area contributed by atoms with E-state index in [4.69, 9.17) is 14.3 Å². The quantitative estimate of drug-likeness (QED) is 0.735. The van der Waals surface area contributed by atoms with Crippen molar-refractivity contribution in [2.75, 3.05) is 6.61 Å². The molecule has 16 heavy (non-hydrogen) atoms. The molecule has 0 bridgehead atoms. The lowest BCUT2D eigenvalue weighted by Crippen LogP contribution is -2.36. The van der Waals surface area contributed by atoms with E-state index in [2.05, 4.69) is 19.6 Å². The Morgan fingerprint density at radius 2 is 1.94 bits per heavy atom. The first-order valence-electron chi connectivity index (χ1n) is 5.94. The summed E-state index contributed by atoms with van der Waals surface area (Å²) < 4.78 is 11.6. The fraction of sp³-hybridized carbons (Fsp3) is 1.00. The highest BCUT2D eigenvalue weighted by molar-refractivity contribution is 6.69. The van der Waals surface area contributed by atoms with Gasteiger partial charge in [-0.15, -0.1) is 0 Å². The predicted molar refractivity (Wildman–Crippen MR) is 64.9 cm³/mol. The zero-order chi connectivity index (χ0) is 12.3. The van der Waals surface area contributed by atoms with Gasteiger partial charge in [0.05, 0.1) is 24.9 Å². The van der Waals surface area contributed by atoms with E-state index in [1.165, 1.54) is 0 Å². The van der Waals surface area contributed by atoms with E-state index in [1.807, 2.05) is 6.92 Å². The van der Waals surface area contributed by atoms with Crippen LogP contribution in [0.25, 0.3) is 0 Å². The van der Waals surface area contributed by atoms with Gasteiger partial charge in [0.25, 0.3) is 0 Å². The molecule has 1 saturated heterocycles. The second-order valence-electron chi connectivity index (χ2n) is 5.56. The molecule has 4 atom stereocenters. The fourth-order valence-electron chi connectivity index (χ4n) is 2.09. The van der Waals surface area contributed by atoms with Gasteiger partial charge in [-0.1, -0.05) is 0 Å². The molecule has 0 saturated carbocycles. The van der Waals surface area contributed by atoms with Gasteiger partial charge in [-0.25, -0.2) is 0 Å². The Balaban J connectivity index is 2.61. The van der Waals surface area contributed by atoms with Crippen molar-refractivity contribution in [2.24, 2.45) is 0 Å². The van der Waals surface area contributed by atoms with Crippen LogP contribution >= 0.6 is 0 Å². The summed E-state index contributed by atoms with van der Waals surface area (Å²) in [7, 11) is -1.59. The number of hydrogen-bond donors (Lipinski definition) is 2. The molecular formula is C11H24O4Si. The van der Waals surface area contributed by atoms with Gasteiger partial charge in [-0.2, -0.15) is 0 Å².